The molecule has 0 amide bonds. The van der Waals surface area contributed by atoms with Crippen molar-refractivity contribution in [1.29, 1.82) is 0 Å². The molecule has 0 spiro atoms. The van der Waals surface area contributed by atoms with Gasteiger partial charge in [0.25, 0.3) is 0 Å². The molecule has 1 fully saturated rings. The summed E-state index contributed by atoms with van der Waals surface area (Å²) in [6.07, 6.45) is 0.889. The summed E-state index contributed by atoms with van der Waals surface area (Å²) in [7, 11) is -3.51. The lowest BCUT2D eigenvalue weighted by Gasteiger charge is -2.19. The minimum Gasteiger partial charge on any atom is -0.399 e. The van der Waals surface area contributed by atoms with Gasteiger partial charge in [-0.25, -0.2) is 13.1 Å². The fourth-order valence-electron chi connectivity index (χ4n) is 2.04. The molecule has 3 N–H and O–H groups in total. The number of sulfonamides is 1. The largest absolute Gasteiger partial charge is 0.399 e. The number of anilines is 1. The van der Waals surface area contributed by atoms with Crippen LogP contribution in [0.4, 0.5) is 5.69 Å². The van der Waals surface area contributed by atoms with Crippen LogP contribution in [-0.4, -0.2) is 27.7 Å². The van der Waals surface area contributed by atoms with Crippen molar-refractivity contribution in [2.45, 2.75) is 24.3 Å². The number of hydrogen-bond donors (Lipinski definition) is 2. The standard InChI is InChI=1S/C12H18N2O3S/c1-9(10-5-6-17-8-10)14-18(15,16)12-4-2-3-11(13)7-12/h2-4,7,9-10,14H,5-6,8,13H2,1H3. The molecule has 0 saturated carbocycles. The highest BCUT2D eigenvalue weighted by Crippen LogP contribution is 2.19. The first-order chi connectivity index (χ1) is 8.49. The van der Waals surface area contributed by atoms with Crippen LogP contribution in [0.2, 0.25) is 0 Å². The first-order valence-electron chi connectivity index (χ1n) is 5.94. The van der Waals surface area contributed by atoms with Crippen LogP contribution in [0.25, 0.3) is 0 Å². The molecule has 100 valence electrons. The highest BCUT2D eigenvalue weighted by atomic mass is 32.2. The molecule has 6 heteroatoms. The van der Waals surface area contributed by atoms with E-state index in [1.165, 1.54) is 12.1 Å². The minimum atomic E-state index is -3.51. The Balaban J connectivity index is 2.11. The monoisotopic (exact) mass is 270 g/mol. The van der Waals surface area contributed by atoms with Crippen LogP contribution in [0.1, 0.15) is 13.3 Å². The number of hydrogen-bond acceptors (Lipinski definition) is 4. The Morgan fingerprint density at radius 1 is 1.50 bits per heavy atom. The normalized spacial score (nSPS) is 21.9. The molecule has 0 aromatic heterocycles. The van der Waals surface area contributed by atoms with E-state index in [0.29, 0.717) is 18.9 Å². The van der Waals surface area contributed by atoms with Gasteiger partial charge in [0.05, 0.1) is 11.5 Å². The molecule has 0 aliphatic carbocycles. The fraction of sp³-hybridized carbons (Fsp3) is 0.500. The van der Waals surface area contributed by atoms with Gasteiger partial charge in [0, 0.05) is 24.3 Å². The van der Waals surface area contributed by atoms with Crippen molar-refractivity contribution in [3.05, 3.63) is 24.3 Å². The van der Waals surface area contributed by atoms with Gasteiger partial charge in [0.15, 0.2) is 0 Å². The van der Waals surface area contributed by atoms with E-state index in [1.54, 1.807) is 12.1 Å². The van der Waals surface area contributed by atoms with Crippen molar-refractivity contribution in [2.75, 3.05) is 18.9 Å². The average Bonchev–Trinajstić information content (AvgIpc) is 2.82. The van der Waals surface area contributed by atoms with E-state index in [1.807, 2.05) is 6.92 Å². The maximum atomic E-state index is 12.1. The lowest BCUT2D eigenvalue weighted by molar-refractivity contribution is 0.180. The molecular weight excluding hydrogens is 252 g/mol. The van der Waals surface area contributed by atoms with E-state index >= 15 is 0 Å². The number of benzene rings is 1. The molecule has 1 aliphatic rings. The average molecular weight is 270 g/mol. The van der Waals surface area contributed by atoms with Gasteiger partial charge in [-0.05, 0) is 31.5 Å². The Kier molecular flexibility index (Phi) is 3.89. The van der Waals surface area contributed by atoms with Gasteiger partial charge < -0.3 is 10.5 Å². The first kappa shape index (κ1) is 13.3. The Morgan fingerprint density at radius 2 is 2.28 bits per heavy atom. The molecule has 1 aromatic carbocycles. The highest BCUT2D eigenvalue weighted by Gasteiger charge is 2.26. The van der Waals surface area contributed by atoms with Crippen molar-refractivity contribution in [3.8, 4) is 0 Å². The van der Waals surface area contributed by atoms with Gasteiger partial charge in [-0.15, -0.1) is 0 Å². The van der Waals surface area contributed by atoms with Crippen LogP contribution in [0.15, 0.2) is 29.2 Å². The smallest absolute Gasteiger partial charge is 0.240 e. The van der Waals surface area contributed by atoms with Crippen LogP contribution in [-0.2, 0) is 14.8 Å². The molecule has 2 atom stereocenters. The van der Waals surface area contributed by atoms with Gasteiger partial charge in [0.1, 0.15) is 0 Å². The quantitative estimate of drug-likeness (QED) is 0.799. The summed E-state index contributed by atoms with van der Waals surface area (Å²) in [6, 6.07) is 6.15. The minimum absolute atomic E-state index is 0.140. The van der Waals surface area contributed by atoms with Gasteiger partial charge in [-0.1, -0.05) is 6.07 Å². The second-order valence-corrected chi connectivity index (χ2v) is 6.32. The predicted molar refractivity (Wildman–Crippen MR) is 69.6 cm³/mol. The van der Waals surface area contributed by atoms with E-state index in [2.05, 4.69) is 4.72 Å². The van der Waals surface area contributed by atoms with E-state index in [4.69, 9.17) is 10.5 Å². The summed E-state index contributed by atoms with van der Waals surface area (Å²) in [5.41, 5.74) is 6.04. The number of nitrogens with one attached hydrogen (secondary N) is 1. The number of nitrogen functional groups attached to an aromatic ring is 1. The maximum absolute atomic E-state index is 12.1. The van der Waals surface area contributed by atoms with E-state index in [-0.39, 0.29) is 16.9 Å². The van der Waals surface area contributed by atoms with Crippen molar-refractivity contribution in [2.24, 2.45) is 5.92 Å². The van der Waals surface area contributed by atoms with Crippen molar-refractivity contribution < 1.29 is 13.2 Å². The van der Waals surface area contributed by atoms with Crippen molar-refractivity contribution in [1.82, 2.24) is 4.72 Å². The summed E-state index contributed by atoms with van der Waals surface area (Å²) in [6.45, 7) is 3.18. The van der Waals surface area contributed by atoms with Crippen LogP contribution in [0.3, 0.4) is 0 Å². The zero-order chi connectivity index (χ0) is 13.2. The Morgan fingerprint density at radius 3 is 2.89 bits per heavy atom. The molecule has 0 radical (unpaired) electrons. The van der Waals surface area contributed by atoms with E-state index in [0.717, 1.165) is 6.42 Å². The number of nitrogens with two attached hydrogens (primary N) is 1. The van der Waals surface area contributed by atoms with E-state index in [9.17, 15) is 8.42 Å². The molecule has 5 nitrogen and oxygen atoms in total. The zero-order valence-electron chi connectivity index (χ0n) is 10.3. The molecule has 1 aliphatic heterocycles. The van der Waals surface area contributed by atoms with Gasteiger partial charge in [-0.3, -0.25) is 0 Å². The lowest BCUT2D eigenvalue weighted by Crippen LogP contribution is -2.38. The van der Waals surface area contributed by atoms with Crippen LogP contribution in [0.5, 0.6) is 0 Å². The number of rotatable bonds is 4. The van der Waals surface area contributed by atoms with Crippen LogP contribution >= 0.6 is 0 Å². The van der Waals surface area contributed by atoms with Gasteiger partial charge in [0.2, 0.25) is 10.0 Å². The third-order valence-corrected chi connectivity index (χ3v) is 4.74. The molecule has 1 heterocycles. The molecule has 2 rings (SSSR count). The Labute approximate surface area is 107 Å². The predicted octanol–water partition coefficient (Wildman–Crippen LogP) is 0.972. The molecule has 1 aromatic rings. The molecule has 2 unspecified atom stereocenters. The summed E-state index contributed by atoms with van der Waals surface area (Å²) in [5.74, 6) is 0.237. The third-order valence-electron chi connectivity index (χ3n) is 3.18. The molecule has 0 bridgehead atoms. The maximum Gasteiger partial charge on any atom is 0.240 e. The van der Waals surface area contributed by atoms with Gasteiger partial charge >= 0.3 is 0 Å². The molecule has 1 saturated heterocycles. The van der Waals surface area contributed by atoms with Crippen molar-refractivity contribution in [3.63, 3.8) is 0 Å². The summed E-state index contributed by atoms with van der Waals surface area (Å²) in [4.78, 5) is 0.202. The summed E-state index contributed by atoms with van der Waals surface area (Å²) in [5, 5.41) is 0. The molecule has 18 heavy (non-hydrogen) atoms. The van der Waals surface area contributed by atoms with Gasteiger partial charge in [-0.2, -0.15) is 0 Å². The number of ether oxygens (including phenoxy) is 1. The third kappa shape index (κ3) is 3.01. The second-order valence-electron chi connectivity index (χ2n) is 4.61. The summed E-state index contributed by atoms with van der Waals surface area (Å²) < 4.78 is 32.2. The highest BCUT2D eigenvalue weighted by molar-refractivity contribution is 7.89. The van der Waals surface area contributed by atoms with Crippen LogP contribution in [0, 0.1) is 5.92 Å². The SMILES string of the molecule is CC(NS(=O)(=O)c1cccc(N)c1)C1CCOC1. The second kappa shape index (κ2) is 5.26. The zero-order valence-corrected chi connectivity index (χ0v) is 11.1. The lowest BCUT2D eigenvalue weighted by atomic mass is 10.0. The van der Waals surface area contributed by atoms with E-state index < -0.39 is 10.0 Å². The van der Waals surface area contributed by atoms with Crippen LogP contribution < -0.4 is 10.5 Å². The topological polar surface area (TPSA) is 81.4 Å². The Bertz CT molecular complexity index is 510. The fourth-order valence-corrected chi connectivity index (χ4v) is 3.40. The Hall–Kier alpha value is -1.11. The molecular formula is C12H18N2O3S. The summed E-state index contributed by atoms with van der Waals surface area (Å²) >= 11 is 0. The van der Waals surface area contributed by atoms with Crippen molar-refractivity contribution >= 4 is 15.7 Å². The first-order valence-corrected chi connectivity index (χ1v) is 7.43.